The van der Waals surface area contributed by atoms with E-state index >= 15 is 0 Å². The molecular formula is C17H29ClN2O2. The van der Waals surface area contributed by atoms with Gasteiger partial charge in [0.15, 0.2) is 0 Å². The molecule has 4 nitrogen and oxygen atoms in total. The summed E-state index contributed by atoms with van der Waals surface area (Å²) < 4.78 is 5.38. The zero-order valence-electron chi connectivity index (χ0n) is 14.0. The van der Waals surface area contributed by atoms with Crippen molar-refractivity contribution in [1.82, 2.24) is 5.32 Å². The number of nitrogens with one attached hydrogen (secondary N) is 1. The van der Waals surface area contributed by atoms with E-state index in [1.165, 1.54) is 0 Å². The Morgan fingerprint density at radius 3 is 2.45 bits per heavy atom. The Bertz CT molecular complexity index is 450. The molecule has 3 N–H and O–H groups in total. The minimum absolute atomic E-state index is 0. The van der Waals surface area contributed by atoms with Crippen LogP contribution in [0.15, 0.2) is 24.3 Å². The number of amides is 1. The van der Waals surface area contributed by atoms with Crippen molar-refractivity contribution in [3.05, 3.63) is 29.8 Å². The minimum Gasteiger partial charge on any atom is -0.496 e. The number of benzene rings is 1. The first kappa shape index (κ1) is 20.7. The molecule has 0 aliphatic carbocycles. The lowest BCUT2D eigenvalue weighted by Gasteiger charge is -2.23. The van der Waals surface area contributed by atoms with Gasteiger partial charge in [-0.15, -0.1) is 12.4 Å². The zero-order chi connectivity index (χ0) is 15.8. The Morgan fingerprint density at radius 1 is 1.27 bits per heavy atom. The van der Waals surface area contributed by atoms with Crippen LogP contribution in [0.25, 0.3) is 0 Å². The monoisotopic (exact) mass is 328 g/mol. The third-order valence-electron chi connectivity index (χ3n) is 3.61. The highest BCUT2D eigenvalue weighted by Gasteiger charge is 2.18. The highest BCUT2D eigenvalue weighted by Crippen LogP contribution is 2.21. The number of rotatable bonds is 8. The SMILES string of the molecule is COc1ccccc1CC(NC(=O)CCC(C)N)C(C)C.Cl. The molecule has 1 amide bonds. The second-order valence-electron chi connectivity index (χ2n) is 5.95. The third kappa shape index (κ3) is 7.14. The lowest BCUT2D eigenvalue weighted by atomic mass is 9.95. The predicted octanol–water partition coefficient (Wildman–Crippen LogP) is 2.93. The Balaban J connectivity index is 0.00000441. The summed E-state index contributed by atoms with van der Waals surface area (Å²) in [5.74, 6) is 1.29. The van der Waals surface area contributed by atoms with Gasteiger partial charge in [-0.2, -0.15) is 0 Å². The van der Waals surface area contributed by atoms with E-state index < -0.39 is 0 Å². The molecule has 1 rings (SSSR count). The van der Waals surface area contributed by atoms with Gasteiger partial charge in [-0.05, 0) is 37.3 Å². The molecule has 0 bridgehead atoms. The molecule has 5 heteroatoms. The number of hydrogen-bond donors (Lipinski definition) is 2. The number of halogens is 1. The van der Waals surface area contributed by atoms with Crippen LogP contribution in [-0.4, -0.2) is 25.1 Å². The number of nitrogens with two attached hydrogens (primary N) is 1. The molecule has 126 valence electrons. The van der Waals surface area contributed by atoms with Gasteiger partial charge in [-0.25, -0.2) is 0 Å². The molecule has 0 radical (unpaired) electrons. The van der Waals surface area contributed by atoms with E-state index in [-0.39, 0.29) is 30.4 Å². The summed E-state index contributed by atoms with van der Waals surface area (Å²) in [7, 11) is 1.67. The molecule has 0 heterocycles. The summed E-state index contributed by atoms with van der Waals surface area (Å²) in [5.41, 5.74) is 6.81. The molecule has 0 saturated heterocycles. The summed E-state index contributed by atoms with van der Waals surface area (Å²) in [6.07, 6.45) is 1.96. The van der Waals surface area contributed by atoms with Crippen LogP contribution in [0.4, 0.5) is 0 Å². The Hall–Kier alpha value is -1.26. The number of carbonyl (C=O) groups excluding carboxylic acids is 1. The predicted molar refractivity (Wildman–Crippen MR) is 93.6 cm³/mol. The van der Waals surface area contributed by atoms with Crippen molar-refractivity contribution in [3.63, 3.8) is 0 Å². The second kappa shape index (κ2) is 10.5. The number of methoxy groups -OCH3 is 1. The summed E-state index contributed by atoms with van der Waals surface area (Å²) in [6.45, 7) is 6.15. The maximum absolute atomic E-state index is 12.0. The van der Waals surface area contributed by atoms with Crippen LogP contribution in [0.3, 0.4) is 0 Å². The maximum Gasteiger partial charge on any atom is 0.220 e. The van der Waals surface area contributed by atoms with E-state index in [4.69, 9.17) is 10.5 Å². The highest BCUT2D eigenvalue weighted by atomic mass is 35.5. The summed E-state index contributed by atoms with van der Waals surface area (Å²) in [5, 5.41) is 3.12. The molecule has 1 aromatic rings. The van der Waals surface area contributed by atoms with E-state index in [0.29, 0.717) is 18.8 Å². The van der Waals surface area contributed by atoms with Gasteiger partial charge in [-0.3, -0.25) is 4.79 Å². The fourth-order valence-corrected chi connectivity index (χ4v) is 2.20. The molecular weight excluding hydrogens is 300 g/mol. The molecule has 0 spiro atoms. The first-order chi connectivity index (χ1) is 9.93. The van der Waals surface area contributed by atoms with Crippen molar-refractivity contribution in [2.75, 3.05) is 7.11 Å². The summed E-state index contributed by atoms with van der Waals surface area (Å²) >= 11 is 0. The van der Waals surface area contributed by atoms with Gasteiger partial charge in [-0.1, -0.05) is 32.0 Å². The fraction of sp³-hybridized carbons (Fsp3) is 0.588. The van der Waals surface area contributed by atoms with Crippen LogP contribution in [0.1, 0.15) is 39.2 Å². The number of hydrogen-bond acceptors (Lipinski definition) is 3. The quantitative estimate of drug-likeness (QED) is 0.771. The third-order valence-corrected chi connectivity index (χ3v) is 3.61. The molecule has 0 saturated carbocycles. The van der Waals surface area contributed by atoms with Crippen molar-refractivity contribution >= 4 is 18.3 Å². The first-order valence-electron chi connectivity index (χ1n) is 7.60. The fourth-order valence-electron chi connectivity index (χ4n) is 2.20. The Morgan fingerprint density at radius 2 is 1.91 bits per heavy atom. The van der Waals surface area contributed by atoms with Crippen molar-refractivity contribution in [1.29, 1.82) is 0 Å². The number of ether oxygens (including phenoxy) is 1. The van der Waals surface area contributed by atoms with Crippen LogP contribution < -0.4 is 15.8 Å². The first-order valence-corrected chi connectivity index (χ1v) is 7.60. The molecule has 1 aromatic carbocycles. The Labute approximate surface area is 140 Å². The van der Waals surface area contributed by atoms with Crippen molar-refractivity contribution < 1.29 is 9.53 Å². The smallest absolute Gasteiger partial charge is 0.220 e. The molecule has 0 aliphatic rings. The van der Waals surface area contributed by atoms with Crippen molar-refractivity contribution in [2.45, 2.75) is 52.1 Å². The van der Waals surface area contributed by atoms with Crippen molar-refractivity contribution in [3.8, 4) is 5.75 Å². The van der Waals surface area contributed by atoms with E-state index in [2.05, 4.69) is 19.2 Å². The molecule has 2 atom stereocenters. The van der Waals surface area contributed by atoms with E-state index in [1.54, 1.807) is 7.11 Å². The molecule has 2 unspecified atom stereocenters. The van der Waals surface area contributed by atoms with Gasteiger partial charge in [0, 0.05) is 18.5 Å². The van der Waals surface area contributed by atoms with Gasteiger partial charge in [0.25, 0.3) is 0 Å². The van der Waals surface area contributed by atoms with Crippen molar-refractivity contribution in [2.24, 2.45) is 11.7 Å². The number of para-hydroxylation sites is 1. The van der Waals surface area contributed by atoms with E-state index in [1.807, 2.05) is 31.2 Å². The molecule has 0 aromatic heterocycles. The van der Waals surface area contributed by atoms with Crippen LogP contribution in [0.2, 0.25) is 0 Å². The van der Waals surface area contributed by atoms with Gasteiger partial charge in [0.2, 0.25) is 5.91 Å². The van der Waals surface area contributed by atoms with Gasteiger partial charge in [0.1, 0.15) is 5.75 Å². The van der Waals surface area contributed by atoms with E-state index in [0.717, 1.165) is 17.7 Å². The largest absolute Gasteiger partial charge is 0.496 e. The van der Waals surface area contributed by atoms with Crippen LogP contribution in [0.5, 0.6) is 5.75 Å². The van der Waals surface area contributed by atoms with Crippen LogP contribution >= 0.6 is 12.4 Å². The summed E-state index contributed by atoms with van der Waals surface area (Å²) in [4.78, 5) is 12.0. The average Bonchev–Trinajstić information content (AvgIpc) is 2.44. The molecule has 0 aliphatic heterocycles. The van der Waals surface area contributed by atoms with Gasteiger partial charge in [0.05, 0.1) is 7.11 Å². The average molecular weight is 329 g/mol. The zero-order valence-corrected chi connectivity index (χ0v) is 14.8. The second-order valence-corrected chi connectivity index (χ2v) is 5.95. The molecule has 0 fully saturated rings. The topological polar surface area (TPSA) is 64.3 Å². The van der Waals surface area contributed by atoms with Crippen LogP contribution in [0, 0.1) is 5.92 Å². The highest BCUT2D eigenvalue weighted by molar-refractivity contribution is 5.85. The normalized spacial score (nSPS) is 13.2. The lowest BCUT2D eigenvalue weighted by Crippen LogP contribution is -2.40. The Kier molecular flexibility index (Phi) is 9.86. The molecule has 22 heavy (non-hydrogen) atoms. The van der Waals surface area contributed by atoms with Gasteiger partial charge >= 0.3 is 0 Å². The van der Waals surface area contributed by atoms with Crippen LogP contribution in [-0.2, 0) is 11.2 Å². The number of carbonyl (C=O) groups is 1. The van der Waals surface area contributed by atoms with Gasteiger partial charge < -0.3 is 15.8 Å². The lowest BCUT2D eigenvalue weighted by molar-refractivity contribution is -0.122. The van der Waals surface area contributed by atoms with E-state index in [9.17, 15) is 4.79 Å². The summed E-state index contributed by atoms with van der Waals surface area (Å²) in [6, 6.07) is 8.10. The minimum atomic E-state index is 0. The standard InChI is InChI=1S/C17H28N2O2.ClH/c1-12(2)15(19-17(20)10-9-13(3)18)11-14-7-5-6-8-16(14)21-4;/h5-8,12-13,15H,9-11,18H2,1-4H3,(H,19,20);1H. The maximum atomic E-state index is 12.0.